The van der Waals surface area contributed by atoms with Gasteiger partial charge in [0.05, 0.1) is 12.0 Å². The smallest absolute Gasteiger partial charge is 0.303 e. The van der Waals surface area contributed by atoms with Crippen molar-refractivity contribution in [3.8, 4) is 11.8 Å². The Hall–Kier alpha value is -1.31. The van der Waals surface area contributed by atoms with Crippen molar-refractivity contribution >= 4 is 5.97 Å². The Bertz CT molecular complexity index is 564. The normalized spacial score (nSPS) is 35.2. The van der Waals surface area contributed by atoms with E-state index in [9.17, 15) is 15.0 Å². The summed E-state index contributed by atoms with van der Waals surface area (Å²) >= 11 is 0. The molecule has 3 fully saturated rings. The van der Waals surface area contributed by atoms with E-state index >= 15 is 0 Å². The summed E-state index contributed by atoms with van der Waals surface area (Å²) in [4.78, 5) is 10.6. The van der Waals surface area contributed by atoms with Crippen molar-refractivity contribution in [1.82, 2.24) is 0 Å². The summed E-state index contributed by atoms with van der Waals surface area (Å²) in [5, 5.41) is 29.5. The third kappa shape index (κ3) is 4.46. The molecule has 3 N–H and O–H groups in total. The van der Waals surface area contributed by atoms with Crippen LogP contribution in [0.5, 0.6) is 0 Å². The molecule has 5 atom stereocenters. The molecule has 0 amide bonds. The number of rotatable bonds is 4. The highest BCUT2D eigenvalue weighted by molar-refractivity contribution is 5.66. The van der Waals surface area contributed by atoms with Gasteiger partial charge in [-0.2, -0.15) is 0 Å². The van der Waals surface area contributed by atoms with E-state index in [-0.39, 0.29) is 12.3 Å². The molecule has 4 heteroatoms. The quantitative estimate of drug-likeness (QED) is 0.540. The van der Waals surface area contributed by atoms with Crippen LogP contribution >= 0.6 is 0 Å². The molecule has 0 aliphatic heterocycles. The van der Waals surface area contributed by atoms with Crippen molar-refractivity contribution in [2.45, 2.75) is 76.4 Å². The van der Waals surface area contributed by atoms with E-state index in [0.717, 1.165) is 32.1 Å². The van der Waals surface area contributed by atoms with E-state index in [1.54, 1.807) is 0 Å². The first-order chi connectivity index (χ1) is 12.1. The second-order valence-electron chi connectivity index (χ2n) is 7.99. The average molecular weight is 346 g/mol. The number of aliphatic carboxylic acids is 1. The molecule has 0 spiro atoms. The lowest BCUT2D eigenvalue weighted by molar-refractivity contribution is -0.136. The van der Waals surface area contributed by atoms with Crippen LogP contribution in [0.2, 0.25) is 0 Å². The number of hydrogen-bond donors (Lipinski definition) is 3. The minimum absolute atomic E-state index is 0.0476. The van der Waals surface area contributed by atoms with E-state index in [4.69, 9.17) is 5.11 Å². The van der Waals surface area contributed by atoms with E-state index in [1.807, 2.05) is 0 Å². The summed E-state index contributed by atoms with van der Waals surface area (Å²) in [5.74, 6) is 6.59. The molecule has 25 heavy (non-hydrogen) atoms. The molecule has 3 aliphatic rings. The van der Waals surface area contributed by atoms with Gasteiger partial charge in [-0.25, -0.2) is 0 Å². The molecule has 3 rings (SSSR count). The first-order valence-electron chi connectivity index (χ1n) is 9.84. The monoisotopic (exact) mass is 346 g/mol. The number of aliphatic hydroxyl groups is 2. The topological polar surface area (TPSA) is 77.8 Å². The molecule has 0 radical (unpaired) electrons. The molecule has 4 nitrogen and oxygen atoms in total. The first kappa shape index (κ1) is 18.5. The summed E-state index contributed by atoms with van der Waals surface area (Å²) in [7, 11) is 0. The zero-order valence-corrected chi connectivity index (χ0v) is 14.9. The number of aliphatic hydroxyl groups excluding tert-OH is 2. The number of allylic oxidation sites excluding steroid dienone is 2. The predicted octanol–water partition coefficient (Wildman–Crippen LogP) is 3.13. The number of carboxylic acid groups (broad SMARTS) is 1. The molecular formula is C21H30O4. The van der Waals surface area contributed by atoms with Crippen molar-refractivity contribution in [3.05, 3.63) is 11.6 Å². The van der Waals surface area contributed by atoms with Crippen LogP contribution in [0.15, 0.2) is 11.6 Å². The van der Waals surface area contributed by atoms with Gasteiger partial charge in [-0.05, 0) is 56.3 Å². The largest absolute Gasteiger partial charge is 0.481 e. The molecule has 138 valence electrons. The Morgan fingerprint density at radius 1 is 1.20 bits per heavy atom. The van der Waals surface area contributed by atoms with Crippen molar-refractivity contribution < 1.29 is 20.1 Å². The first-order valence-corrected chi connectivity index (χ1v) is 9.84. The molecule has 0 aromatic rings. The highest BCUT2D eigenvalue weighted by Crippen LogP contribution is 2.51. The Balaban J connectivity index is 1.58. The number of carboxylic acids is 1. The molecule has 0 unspecified atom stereocenters. The lowest BCUT2D eigenvalue weighted by atomic mass is 9.57. The third-order valence-corrected chi connectivity index (χ3v) is 6.37. The van der Waals surface area contributed by atoms with Crippen LogP contribution < -0.4 is 0 Å². The van der Waals surface area contributed by atoms with Gasteiger partial charge >= 0.3 is 5.97 Å². The van der Waals surface area contributed by atoms with E-state index in [0.29, 0.717) is 24.2 Å². The SMILES string of the molecule is O=C(O)CC/C=C1\C[C@H]2[C@H](C#C[C@@H](O)C3CCCCC3)[C@@H](O)CC[C@@H]12. The van der Waals surface area contributed by atoms with E-state index < -0.39 is 18.2 Å². The maximum atomic E-state index is 10.6. The van der Waals surface area contributed by atoms with Gasteiger partial charge in [-0.15, -0.1) is 0 Å². The molecule has 0 saturated heterocycles. The van der Waals surface area contributed by atoms with Crippen LogP contribution in [-0.2, 0) is 4.79 Å². The zero-order valence-electron chi connectivity index (χ0n) is 14.9. The van der Waals surface area contributed by atoms with E-state index in [1.165, 1.54) is 24.8 Å². The van der Waals surface area contributed by atoms with Crippen LogP contribution in [0.4, 0.5) is 0 Å². The molecule has 0 heterocycles. The van der Waals surface area contributed by atoms with Crippen LogP contribution in [0, 0.1) is 35.5 Å². The minimum Gasteiger partial charge on any atom is -0.481 e. The lowest BCUT2D eigenvalue weighted by Crippen LogP contribution is -2.44. The van der Waals surface area contributed by atoms with Gasteiger partial charge in [0.1, 0.15) is 6.10 Å². The summed E-state index contributed by atoms with van der Waals surface area (Å²) in [6.45, 7) is 0. The van der Waals surface area contributed by atoms with Crippen molar-refractivity contribution in [2.75, 3.05) is 0 Å². The van der Waals surface area contributed by atoms with E-state index in [2.05, 4.69) is 17.9 Å². The highest BCUT2D eigenvalue weighted by atomic mass is 16.4. The van der Waals surface area contributed by atoms with Crippen LogP contribution in [0.25, 0.3) is 0 Å². The fourth-order valence-corrected chi connectivity index (χ4v) is 4.84. The van der Waals surface area contributed by atoms with Gasteiger partial charge in [-0.3, -0.25) is 4.79 Å². The van der Waals surface area contributed by atoms with Crippen LogP contribution in [0.3, 0.4) is 0 Å². The fourth-order valence-electron chi connectivity index (χ4n) is 4.84. The molecule has 3 aliphatic carbocycles. The Labute approximate surface area is 150 Å². The number of fused-ring (bicyclic) bond motifs is 1. The molecular weight excluding hydrogens is 316 g/mol. The van der Waals surface area contributed by atoms with Crippen LogP contribution in [-0.4, -0.2) is 33.5 Å². The van der Waals surface area contributed by atoms with Gasteiger partial charge in [0, 0.05) is 6.42 Å². The molecule has 0 aromatic carbocycles. The number of hydrogen-bond acceptors (Lipinski definition) is 3. The lowest BCUT2D eigenvalue weighted by Gasteiger charge is -2.48. The fraction of sp³-hybridized carbons (Fsp3) is 0.762. The average Bonchev–Trinajstić information content (AvgIpc) is 2.59. The van der Waals surface area contributed by atoms with Gasteiger partial charge in [0.25, 0.3) is 0 Å². The number of carbonyl (C=O) groups is 1. The molecule has 0 aromatic heterocycles. The van der Waals surface area contributed by atoms with Gasteiger partial charge in [0.2, 0.25) is 0 Å². The summed E-state index contributed by atoms with van der Waals surface area (Å²) in [6.07, 6.45) is 10.3. The maximum Gasteiger partial charge on any atom is 0.303 e. The van der Waals surface area contributed by atoms with Crippen molar-refractivity contribution in [3.63, 3.8) is 0 Å². The van der Waals surface area contributed by atoms with Gasteiger partial charge in [0.15, 0.2) is 0 Å². The Kier molecular flexibility index (Phi) is 6.19. The molecule has 3 saturated carbocycles. The van der Waals surface area contributed by atoms with Crippen LogP contribution in [0.1, 0.15) is 64.2 Å². The highest BCUT2D eigenvalue weighted by Gasteiger charge is 2.46. The predicted molar refractivity (Wildman–Crippen MR) is 95.6 cm³/mol. The summed E-state index contributed by atoms with van der Waals surface area (Å²) in [5.41, 5.74) is 1.35. The van der Waals surface area contributed by atoms with Gasteiger partial charge < -0.3 is 15.3 Å². The van der Waals surface area contributed by atoms with Crippen molar-refractivity contribution in [1.29, 1.82) is 0 Å². The molecule has 0 bridgehead atoms. The Morgan fingerprint density at radius 3 is 2.68 bits per heavy atom. The maximum absolute atomic E-state index is 10.6. The standard InChI is InChI=1S/C21H30O4/c22-19(14-5-2-1-3-6-14)11-10-17-18-13-15(7-4-8-21(24)25)16(18)9-12-20(17)23/h7,14,16-20,22-23H,1-6,8-9,12-13H2,(H,24,25)/b15-7+/t16-,17-,18+,19+,20-/m0/s1. The minimum atomic E-state index is -0.757. The zero-order chi connectivity index (χ0) is 17.8. The second-order valence-corrected chi connectivity index (χ2v) is 7.99. The summed E-state index contributed by atoms with van der Waals surface area (Å²) in [6, 6.07) is 0. The third-order valence-electron chi connectivity index (χ3n) is 6.37. The second kappa shape index (κ2) is 8.38. The summed E-state index contributed by atoms with van der Waals surface area (Å²) < 4.78 is 0. The van der Waals surface area contributed by atoms with Gasteiger partial charge in [-0.1, -0.05) is 42.8 Å². The Morgan fingerprint density at radius 2 is 1.96 bits per heavy atom. The van der Waals surface area contributed by atoms with Crippen molar-refractivity contribution in [2.24, 2.45) is 23.7 Å².